The van der Waals surface area contributed by atoms with Crippen LogP contribution in [0.5, 0.6) is 5.75 Å². The lowest BCUT2D eigenvalue weighted by Crippen LogP contribution is -2.19. The summed E-state index contributed by atoms with van der Waals surface area (Å²) in [6.45, 7) is 2.49. The zero-order valence-corrected chi connectivity index (χ0v) is 22.3. The molecule has 0 aromatic heterocycles. The molecule has 200 valence electrons. The number of para-hydroxylation sites is 1. The summed E-state index contributed by atoms with van der Waals surface area (Å²) in [6.07, 6.45) is -2.85. The van der Waals surface area contributed by atoms with Crippen LogP contribution in [-0.2, 0) is 16.3 Å². The molecule has 0 fully saturated rings. The highest BCUT2D eigenvalue weighted by molar-refractivity contribution is 8.32. The van der Waals surface area contributed by atoms with Gasteiger partial charge in [-0.3, -0.25) is 3.63 Å². The quantitative estimate of drug-likeness (QED) is 0.111. The number of hydrogen-bond acceptors (Lipinski definition) is 3. The van der Waals surface area contributed by atoms with Gasteiger partial charge in [0, 0.05) is 0 Å². The maximum Gasteiger partial charge on any atom is 0.422 e. The Hall–Kier alpha value is -3.27. The largest absolute Gasteiger partial charge is 0.492 e. The van der Waals surface area contributed by atoms with Crippen LogP contribution in [0, 0.1) is 0 Å². The Kier molecular flexibility index (Phi) is 8.50. The number of rotatable bonds is 10. The number of ether oxygens (including phenoxy) is 1. The third kappa shape index (κ3) is 5.90. The summed E-state index contributed by atoms with van der Waals surface area (Å²) < 4.78 is 77.8. The van der Waals surface area contributed by atoms with Crippen molar-refractivity contribution in [2.45, 2.75) is 45.5 Å². The number of alkyl halides is 3. The van der Waals surface area contributed by atoms with Gasteiger partial charge in [-0.05, 0) is 67.1 Å². The van der Waals surface area contributed by atoms with Gasteiger partial charge in [-0.2, -0.15) is 13.2 Å². The highest BCUT2D eigenvalue weighted by atomic mass is 32.3. The van der Waals surface area contributed by atoms with E-state index in [2.05, 4.69) is 3.63 Å². The minimum Gasteiger partial charge on any atom is -0.492 e. The number of unbranched alkanes of at least 4 members (excludes halogenated alkanes) is 1. The summed E-state index contributed by atoms with van der Waals surface area (Å²) in [6, 6.07) is 28.8. The molecule has 0 bridgehead atoms. The second-order valence-electron chi connectivity index (χ2n) is 8.43. The first-order valence-electron chi connectivity index (χ1n) is 12.0. The van der Waals surface area contributed by atoms with E-state index in [1.165, 1.54) is 0 Å². The van der Waals surface area contributed by atoms with E-state index in [-0.39, 0.29) is 4.90 Å². The van der Waals surface area contributed by atoms with Gasteiger partial charge in [0.05, 0.1) is 32.3 Å². The Bertz CT molecular complexity index is 1400. The van der Waals surface area contributed by atoms with Crippen LogP contribution in [0.15, 0.2) is 129 Å². The molecule has 0 radical (unpaired) electrons. The van der Waals surface area contributed by atoms with Gasteiger partial charge < -0.3 is 4.74 Å². The molecule has 4 aromatic rings. The molecule has 38 heavy (non-hydrogen) atoms. The van der Waals surface area contributed by atoms with Crippen LogP contribution in [-0.4, -0.2) is 18.7 Å². The van der Waals surface area contributed by atoms with Gasteiger partial charge >= 0.3 is 16.3 Å². The summed E-state index contributed by atoms with van der Waals surface area (Å²) in [5, 5.41) is 0. The Morgan fingerprint density at radius 3 is 1.76 bits per heavy atom. The highest BCUT2D eigenvalue weighted by Crippen LogP contribution is 2.70. The number of hydrogen-bond donors (Lipinski definition) is 0. The van der Waals surface area contributed by atoms with E-state index in [4.69, 9.17) is 4.74 Å². The third-order valence-electron chi connectivity index (χ3n) is 5.78. The van der Waals surface area contributed by atoms with Gasteiger partial charge in [-0.1, -0.05) is 61.9 Å². The molecule has 4 nitrogen and oxygen atoms in total. The molecule has 0 saturated heterocycles. The summed E-state index contributed by atoms with van der Waals surface area (Å²) >= 11 is 0. The summed E-state index contributed by atoms with van der Waals surface area (Å²) in [5.41, 5.74) is -0.934. The van der Waals surface area contributed by atoms with E-state index in [1.54, 1.807) is 36.4 Å². The average Bonchev–Trinajstić information content (AvgIpc) is 2.93. The van der Waals surface area contributed by atoms with Crippen LogP contribution in [0.1, 0.15) is 25.3 Å². The Labute approximate surface area is 222 Å². The number of halogens is 3. The SMILES string of the molecule is CCCCOc1ccccc1S([OH+]S(=O)(=O)c1ccc(C(F)(F)F)cc1)(c1ccccc1)c1ccccc1. The van der Waals surface area contributed by atoms with Gasteiger partial charge in [-0.25, -0.2) is 0 Å². The fourth-order valence-corrected chi connectivity index (χ4v) is 9.48. The van der Waals surface area contributed by atoms with Crippen LogP contribution < -0.4 is 4.74 Å². The fraction of sp³-hybridized carbons (Fsp3) is 0.172. The lowest BCUT2D eigenvalue weighted by atomic mass is 10.2. The first kappa shape index (κ1) is 27.8. The second kappa shape index (κ2) is 11.6. The lowest BCUT2D eigenvalue weighted by molar-refractivity contribution is -0.137. The molecule has 4 aromatic carbocycles. The Morgan fingerprint density at radius 1 is 0.711 bits per heavy atom. The van der Waals surface area contributed by atoms with Crippen LogP contribution in [0.4, 0.5) is 13.2 Å². The van der Waals surface area contributed by atoms with E-state index in [0.717, 1.165) is 37.1 Å². The smallest absolute Gasteiger partial charge is 0.422 e. The van der Waals surface area contributed by atoms with Crippen LogP contribution in [0.25, 0.3) is 0 Å². The molecule has 0 unspecified atom stereocenters. The molecule has 0 amide bonds. The molecule has 1 N–H and O–H groups in total. The molecule has 0 heterocycles. The van der Waals surface area contributed by atoms with Crippen molar-refractivity contribution in [1.29, 1.82) is 0 Å². The standard InChI is InChI=1S/C29H27F3O4S2/c1-2-3-22-35-27-16-10-11-17-28(27)37(24-12-6-4-7-13-24,25-14-8-5-9-15-25)36-38(33,34)26-20-18-23(19-21-26)29(30,31)32/h4-21H,2-3,22H2,1H3/p+1. The van der Waals surface area contributed by atoms with Crippen molar-refractivity contribution in [2.75, 3.05) is 6.61 Å². The van der Waals surface area contributed by atoms with Crippen LogP contribution in [0.3, 0.4) is 0 Å². The molecule has 0 aliphatic heterocycles. The lowest BCUT2D eigenvalue weighted by Gasteiger charge is -2.35. The van der Waals surface area contributed by atoms with E-state index >= 15 is 0 Å². The van der Waals surface area contributed by atoms with Crippen molar-refractivity contribution in [2.24, 2.45) is 0 Å². The maximum absolute atomic E-state index is 13.8. The molecule has 0 spiro atoms. The van der Waals surface area contributed by atoms with Crippen molar-refractivity contribution < 1.29 is 30.0 Å². The predicted octanol–water partition coefficient (Wildman–Crippen LogP) is 8.56. The summed E-state index contributed by atoms with van der Waals surface area (Å²) in [4.78, 5) is 1.56. The molecule has 0 aliphatic rings. The molecule has 0 saturated carbocycles. The van der Waals surface area contributed by atoms with E-state index in [9.17, 15) is 21.6 Å². The number of benzene rings is 4. The van der Waals surface area contributed by atoms with Crippen LogP contribution in [0.2, 0.25) is 0 Å². The van der Waals surface area contributed by atoms with Gasteiger partial charge in [0.1, 0.15) is 15.5 Å². The van der Waals surface area contributed by atoms with E-state index in [0.29, 0.717) is 27.0 Å². The van der Waals surface area contributed by atoms with Gasteiger partial charge in [0.15, 0.2) is 0 Å². The third-order valence-corrected chi connectivity index (χ3v) is 11.2. The maximum atomic E-state index is 13.8. The minimum atomic E-state index is -4.59. The van der Waals surface area contributed by atoms with Crippen molar-refractivity contribution in [3.63, 3.8) is 0 Å². The van der Waals surface area contributed by atoms with Gasteiger partial charge in [0.2, 0.25) is 0 Å². The summed E-state index contributed by atoms with van der Waals surface area (Å²) in [7, 11) is -7.28. The normalized spacial score (nSPS) is 12.7. The molecular weight excluding hydrogens is 533 g/mol. The minimum absolute atomic E-state index is 0.321. The first-order valence-corrected chi connectivity index (χ1v) is 15.0. The van der Waals surface area contributed by atoms with Crippen LogP contribution >= 0.6 is 10.3 Å². The van der Waals surface area contributed by atoms with Crippen molar-refractivity contribution in [1.82, 2.24) is 0 Å². The van der Waals surface area contributed by atoms with Crippen molar-refractivity contribution in [3.05, 3.63) is 115 Å². The highest BCUT2D eigenvalue weighted by Gasteiger charge is 2.45. The zero-order valence-electron chi connectivity index (χ0n) is 20.6. The van der Waals surface area contributed by atoms with E-state index < -0.39 is 32.2 Å². The zero-order chi connectivity index (χ0) is 27.2. The molecule has 4 rings (SSSR count). The predicted molar refractivity (Wildman–Crippen MR) is 143 cm³/mol. The molecular formula is C29H28F3O4S2+. The summed E-state index contributed by atoms with van der Waals surface area (Å²) in [5.74, 6) is 0.509. The second-order valence-corrected chi connectivity index (χ2v) is 13.0. The van der Waals surface area contributed by atoms with Gasteiger partial charge in [0.25, 0.3) is 0 Å². The average molecular weight is 562 g/mol. The van der Waals surface area contributed by atoms with Crippen molar-refractivity contribution in [3.8, 4) is 5.75 Å². The Balaban J connectivity index is 1.95. The monoisotopic (exact) mass is 561 g/mol. The van der Waals surface area contributed by atoms with E-state index in [1.807, 2.05) is 55.5 Å². The Morgan fingerprint density at radius 2 is 1.24 bits per heavy atom. The van der Waals surface area contributed by atoms with Crippen molar-refractivity contribution >= 4 is 20.4 Å². The molecule has 0 aliphatic carbocycles. The molecule has 0 atom stereocenters. The van der Waals surface area contributed by atoms with Gasteiger partial charge in [-0.15, -0.1) is 8.42 Å². The topological polar surface area (TPSA) is 56.2 Å². The fourth-order valence-electron chi connectivity index (χ4n) is 3.90. The molecule has 9 heteroatoms. The first-order chi connectivity index (χ1) is 18.2.